The van der Waals surface area contributed by atoms with E-state index >= 15 is 0 Å². The molecule has 120 valence electrons. The maximum absolute atomic E-state index is 10.1. The van der Waals surface area contributed by atoms with Crippen molar-refractivity contribution in [1.29, 1.82) is 0 Å². The van der Waals surface area contributed by atoms with Crippen LogP contribution in [0.1, 0.15) is 31.1 Å². The van der Waals surface area contributed by atoms with Crippen LogP contribution in [0, 0.1) is 0 Å². The van der Waals surface area contributed by atoms with E-state index in [4.69, 9.17) is 0 Å². The van der Waals surface area contributed by atoms with Crippen LogP contribution in [-0.4, -0.2) is 48.2 Å². The van der Waals surface area contributed by atoms with Crippen molar-refractivity contribution in [2.75, 3.05) is 26.7 Å². The van der Waals surface area contributed by atoms with E-state index in [2.05, 4.69) is 46.7 Å². The molecule has 2 rings (SSSR count). The minimum Gasteiger partial charge on any atom is -0.388 e. The smallest absolute Gasteiger partial charge is 0.193 e. The van der Waals surface area contributed by atoms with Crippen molar-refractivity contribution in [2.45, 2.75) is 38.2 Å². The molecular weight excluding hydrogens is 397 g/mol. The lowest BCUT2D eigenvalue weighted by molar-refractivity contribution is -0.0237. The fraction of sp³-hybridized carbons (Fsp3) is 0.667. The number of hydrogen-bond acceptors (Lipinski definition) is 3. The van der Waals surface area contributed by atoms with Crippen LogP contribution in [-0.2, 0) is 6.42 Å². The van der Waals surface area contributed by atoms with Crippen LogP contribution < -0.4 is 5.32 Å². The Hall–Kier alpha value is -0.340. The van der Waals surface area contributed by atoms with Gasteiger partial charge in [0.1, 0.15) is 0 Å². The van der Waals surface area contributed by atoms with Gasteiger partial charge in [-0.25, -0.2) is 0 Å². The summed E-state index contributed by atoms with van der Waals surface area (Å²) in [6, 6.07) is 4.26. The fourth-order valence-corrected chi connectivity index (χ4v) is 2.97. The van der Waals surface area contributed by atoms with E-state index in [0.717, 1.165) is 44.7 Å². The molecule has 1 heterocycles. The van der Waals surface area contributed by atoms with E-state index in [1.807, 2.05) is 0 Å². The molecule has 0 aliphatic heterocycles. The first kappa shape index (κ1) is 18.7. The molecule has 1 aromatic heterocycles. The van der Waals surface area contributed by atoms with Crippen LogP contribution in [0.5, 0.6) is 0 Å². The van der Waals surface area contributed by atoms with E-state index in [1.165, 1.54) is 4.88 Å². The number of aliphatic imine (C=N–C) groups is 1. The Morgan fingerprint density at radius 3 is 2.81 bits per heavy atom. The van der Waals surface area contributed by atoms with Gasteiger partial charge in [-0.1, -0.05) is 6.07 Å². The minimum absolute atomic E-state index is 0. The molecule has 0 atom stereocenters. The number of hydrogen-bond donors (Lipinski definition) is 2. The molecular formula is C15H26IN3OS. The second-order valence-electron chi connectivity index (χ2n) is 5.50. The van der Waals surface area contributed by atoms with Gasteiger partial charge in [0.15, 0.2) is 5.96 Å². The maximum atomic E-state index is 10.1. The van der Waals surface area contributed by atoms with Crippen molar-refractivity contribution >= 4 is 41.3 Å². The molecule has 0 amide bonds. The summed E-state index contributed by atoms with van der Waals surface area (Å²) in [4.78, 5) is 8.13. The highest BCUT2D eigenvalue weighted by Crippen LogP contribution is 2.31. The van der Waals surface area contributed by atoms with Gasteiger partial charge in [-0.2, -0.15) is 0 Å². The molecule has 0 radical (unpaired) electrons. The van der Waals surface area contributed by atoms with E-state index in [0.29, 0.717) is 6.54 Å². The van der Waals surface area contributed by atoms with Gasteiger partial charge in [-0.3, -0.25) is 4.99 Å². The van der Waals surface area contributed by atoms with Crippen molar-refractivity contribution in [3.8, 4) is 0 Å². The average Bonchev–Trinajstić information content (AvgIpc) is 2.92. The standard InChI is InChI=1S/C15H25N3OS.HI/c1-3-16-14(17-12-15(19)8-5-9-15)18(2)10-7-13-6-4-11-20-13;/h4,6,11,19H,3,5,7-10,12H2,1-2H3,(H,16,17);1H. The third-order valence-corrected chi connectivity index (χ3v) is 4.71. The van der Waals surface area contributed by atoms with Crippen molar-refractivity contribution in [3.63, 3.8) is 0 Å². The Bertz CT molecular complexity index is 432. The van der Waals surface area contributed by atoms with Gasteiger partial charge in [0.2, 0.25) is 0 Å². The topological polar surface area (TPSA) is 47.9 Å². The molecule has 0 unspecified atom stereocenters. The monoisotopic (exact) mass is 423 g/mol. The Morgan fingerprint density at radius 1 is 1.52 bits per heavy atom. The first-order valence-electron chi connectivity index (χ1n) is 7.37. The zero-order valence-corrected chi connectivity index (χ0v) is 16.0. The highest BCUT2D eigenvalue weighted by Gasteiger charge is 2.34. The van der Waals surface area contributed by atoms with Crippen LogP contribution >= 0.6 is 35.3 Å². The van der Waals surface area contributed by atoms with E-state index in [9.17, 15) is 5.11 Å². The molecule has 2 N–H and O–H groups in total. The molecule has 0 bridgehead atoms. The van der Waals surface area contributed by atoms with Crippen LogP contribution in [0.4, 0.5) is 0 Å². The van der Waals surface area contributed by atoms with Crippen LogP contribution in [0.25, 0.3) is 0 Å². The van der Waals surface area contributed by atoms with Gasteiger partial charge in [0.05, 0.1) is 12.1 Å². The molecule has 1 aromatic rings. The van der Waals surface area contributed by atoms with Gasteiger partial charge in [0.25, 0.3) is 0 Å². The van der Waals surface area contributed by atoms with Crippen molar-refractivity contribution in [2.24, 2.45) is 4.99 Å². The largest absolute Gasteiger partial charge is 0.388 e. The van der Waals surface area contributed by atoms with Gasteiger partial charge in [-0.15, -0.1) is 35.3 Å². The normalized spacial score (nSPS) is 16.8. The number of nitrogens with zero attached hydrogens (tertiary/aromatic N) is 2. The third kappa shape index (κ3) is 5.75. The number of guanidine groups is 1. The zero-order chi connectivity index (χ0) is 14.4. The molecule has 1 fully saturated rings. The Balaban J connectivity index is 0.00000220. The van der Waals surface area contributed by atoms with Crippen LogP contribution in [0.3, 0.4) is 0 Å². The third-order valence-electron chi connectivity index (χ3n) is 3.78. The Labute approximate surface area is 148 Å². The van der Waals surface area contributed by atoms with Crippen LogP contribution in [0.15, 0.2) is 22.5 Å². The molecule has 4 nitrogen and oxygen atoms in total. The van der Waals surface area contributed by atoms with Gasteiger partial charge in [-0.05, 0) is 44.1 Å². The Morgan fingerprint density at radius 2 is 2.29 bits per heavy atom. The predicted molar refractivity (Wildman–Crippen MR) is 101 cm³/mol. The molecule has 1 aliphatic rings. The number of nitrogens with one attached hydrogen (secondary N) is 1. The molecule has 0 aromatic carbocycles. The summed E-state index contributed by atoms with van der Waals surface area (Å²) in [6.07, 6.45) is 3.92. The van der Waals surface area contributed by atoms with Crippen molar-refractivity contribution in [1.82, 2.24) is 10.2 Å². The van der Waals surface area contributed by atoms with Gasteiger partial charge in [0, 0.05) is 25.0 Å². The van der Waals surface area contributed by atoms with Gasteiger partial charge < -0.3 is 15.3 Å². The molecule has 21 heavy (non-hydrogen) atoms. The highest BCUT2D eigenvalue weighted by atomic mass is 127. The summed E-state index contributed by atoms with van der Waals surface area (Å²) < 4.78 is 0. The molecule has 0 spiro atoms. The maximum Gasteiger partial charge on any atom is 0.193 e. The van der Waals surface area contributed by atoms with E-state index < -0.39 is 5.60 Å². The minimum atomic E-state index is -0.546. The summed E-state index contributed by atoms with van der Waals surface area (Å²) in [5.74, 6) is 0.893. The summed E-state index contributed by atoms with van der Waals surface area (Å²) >= 11 is 1.79. The molecule has 6 heteroatoms. The zero-order valence-electron chi connectivity index (χ0n) is 12.8. The number of likely N-dealkylation sites (N-methyl/N-ethyl adjacent to an activating group) is 1. The number of halogens is 1. The predicted octanol–water partition coefficient (Wildman–Crippen LogP) is 2.72. The summed E-state index contributed by atoms with van der Waals surface area (Å²) in [5, 5.41) is 15.6. The lowest BCUT2D eigenvalue weighted by atomic mass is 9.80. The Kier molecular flexibility index (Phi) is 7.97. The van der Waals surface area contributed by atoms with E-state index in [1.54, 1.807) is 11.3 Å². The van der Waals surface area contributed by atoms with Crippen molar-refractivity contribution < 1.29 is 5.11 Å². The number of thiophene rings is 1. The second-order valence-corrected chi connectivity index (χ2v) is 6.53. The summed E-state index contributed by atoms with van der Waals surface area (Å²) in [7, 11) is 2.06. The SMILES string of the molecule is CCNC(=NCC1(O)CCC1)N(C)CCc1cccs1.I. The highest BCUT2D eigenvalue weighted by molar-refractivity contribution is 14.0. The first-order valence-corrected chi connectivity index (χ1v) is 8.25. The molecule has 1 saturated carbocycles. The lowest BCUT2D eigenvalue weighted by Crippen LogP contribution is -2.44. The van der Waals surface area contributed by atoms with Gasteiger partial charge >= 0.3 is 0 Å². The van der Waals surface area contributed by atoms with Crippen LogP contribution in [0.2, 0.25) is 0 Å². The average molecular weight is 423 g/mol. The first-order chi connectivity index (χ1) is 9.63. The number of rotatable bonds is 6. The molecule has 0 saturated heterocycles. The van der Waals surface area contributed by atoms with Crippen molar-refractivity contribution in [3.05, 3.63) is 22.4 Å². The number of aliphatic hydroxyl groups is 1. The lowest BCUT2D eigenvalue weighted by Gasteiger charge is -2.35. The fourth-order valence-electron chi connectivity index (χ4n) is 2.27. The quantitative estimate of drug-likeness (QED) is 0.420. The summed E-state index contributed by atoms with van der Waals surface area (Å²) in [6.45, 7) is 4.37. The molecule has 1 aliphatic carbocycles. The van der Waals surface area contributed by atoms with E-state index in [-0.39, 0.29) is 24.0 Å². The summed E-state index contributed by atoms with van der Waals surface area (Å²) in [5.41, 5.74) is -0.546. The second kappa shape index (κ2) is 8.95.